The molecule has 9 heteroatoms. The maximum absolute atomic E-state index is 14.3. The van der Waals surface area contributed by atoms with Crippen LogP contribution in [0.15, 0.2) is 60.3 Å². The van der Waals surface area contributed by atoms with E-state index >= 15 is 0 Å². The first-order valence-electron chi connectivity index (χ1n) is 9.81. The average Bonchev–Trinajstić information content (AvgIpc) is 3.18. The molecule has 6 nitrogen and oxygen atoms in total. The Hall–Kier alpha value is -3.15. The zero-order valence-corrected chi connectivity index (χ0v) is 19.0. The van der Waals surface area contributed by atoms with Crippen LogP contribution in [0.3, 0.4) is 0 Å². The van der Waals surface area contributed by atoms with Crippen LogP contribution >= 0.6 is 23.4 Å². The van der Waals surface area contributed by atoms with Crippen LogP contribution in [0.2, 0.25) is 5.02 Å². The Morgan fingerprint density at radius 1 is 1.34 bits per heavy atom. The van der Waals surface area contributed by atoms with Crippen molar-refractivity contribution in [1.82, 2.24) is 14.8 Å². The van der Waals surface area contributed by atoms with E-state index in [1.165, 1.54) is 17.8 Å². The third-order valence-electron chi connectivity index (χ3n) is 4.67. The van der Waals surface area contributed by atoms with Gasteiger partial charge in [0.1, 0.15) is 5.82 Å². The van der Waals surface area contributed by atoms with Crippen LogP contribution in [0.5, 0.6) is 0 Å². The van der Waals surface area contributed by atoms with E-state index in [2.05, 4.69) is 22.8 Å². The molecule has 0 aliphatic heterocycles. The summed E-state index contributed by atoms with van der Waals surface area (Å²) in [6.45, 7) is 6.23. The summed E-state index contributed by atoms with van der Waals surface area (Å²) >= 11 is 7.31. The molecule has 0 aliphatic rings. The number of amides is 1. The van der Waals surface area contributed by atoms with Gasteiger partial charge in [0, 0.05) is 23.8 Å². The number of aryl methyl sites for hydroxylation is 1. The number of anilines is 1. The Morgan fingerprint density at radius 2 is 2.12 bits per heavy atom. The van der Waals surface area contributed by atoms with Crippen molar-refractivity contribution in [1.29, 1.82) is 5.26 Å². The molecule has 1 aromatic heterocycles. The number of allylic oxidation sites excluding steroid dienone is 1. The van der Waals surface area contributed by atoms with Crippen molar-refractivity contribution in [2.75, 3.05) is 17.2 Å². The summed E-state index contributed by atoms with van der Waals surface area (Å²) in [7, 11) is 0. The first-order valence-corrected chi connectivity index (χ1v) is 11.2. The summed E-state index contributed by atoms with van der Waals surface area (Å²) in [5.74, 6) is -0.154. The highest BCUT2D eigenvalue weighted by molar-refractivity contribution is 7.99. The van der Waals surface area contributed by atoms with Gasteiger partial charge in [-0.15, -0.1) is 16.8 Å². The van der Waals surface area contributed by atoms with Gasteiger partial charge < -0.3 is 4.90 Å². The smallest absolute Gasteiger partial charge is 0.237 e. The van der Waals surface area contributed by atoms with Crippen molar-refractivity contribution in [3.63, 3.8) is 0 Å². The fraction of sp³-hybridized carbons (Fsp3) is 0.217. The second-order valence-corrected chi connectivity index (χ2v) is 8.21. The monoisotopic (exact) mass is 469 g/mol. The number of halogens is 2. The number of nitrogens with zero attached hydrogens (tertiary/aromatic N) is 5. The summed E-state index contributed by atoms with van der Waals surface area (Å²) < 4.78 is 16.0. The van der Waals surface area contributed by atoms with E-state index in [-0.39, 0.29) is 24.6 Å². The van der Waals surface area contributed by atoms with Crippen molar-refractivity contribution in [2.24, 2.45) is 0 Å². The molecule has 0 saturated carbocycles. The highest BCUT2D eigenvalue weighted by Crippen LogP contribution is 2.28. The van der Waals surface area contributed by atoms with Crippen LogP contribution in [-0.4, -0.2) is 33.0 Å². The minimum absolute atomic E-state index is 0.0691. The molecule has 0 aliphatic carbocycles. The molecule has 3 aromatic rings. The molecule has 0 atom stereocenters. The van der Waals surface area contributed by atoms with Crippen LogP contribution in [0.25, 0.3) is 11.4 Å². The molecule has 0 spiro atoms. The molecule has 0 N–H and O–H groups in total. The van der Waals surface area contributed by atoms with Gasteiger partial charge in [0.25, 0.3) is 0 Å². The average molecular weight is 470 g/mol. The van der Waals surface area contributed by atoms with Crippen LogP contribution in [-0.2, 0) is 11.3 Å². The first-order chi connectivity index (χ1) is 15.5. The van der Waals surface area contributed by atoms with E-state index in [1.807, 2.05) is 13.0 Å². The van der Waals surface area contributed by atoms with Gasteiger partial charge in [-0.25, -0.2) is 4.39 Å². The Morgan fingerprint density at radius 3 is 2.81 bits per heavy atom. The third-order valence-corrected chi connectivity index (χ3v) is 6.05. The van der Waals surface area contributed by atoms with E-state index in [4.69, 9.17) is 16.9 Å². The molecule has 0 saturated heterocycles. The van der Waals surface area contributed by atoms with E-state index in [0.717, 1.165) is 5.56 Å². The maximum Gasteiger partial charge on any atom is 0.237 e. The summed E-state index contributed by atoms with van der Waals surface area (Å²) in [5, 5.41) is 18.4. The molecule has 1 amide bonds. The van der Waals surface area contributed by atoms with Gasteiger partial charge in [0.15, 0.2) is 11.0 Å². The Labute approximate surface area is 195 Å². The lowest BCUT2D eigenvalue weighted by molar-refractivity contribution is -0.116. The summed E-state index contributed by atoms with van der Waals surface area (Å²) in [4.78, 5) is 14.6. The Balaban J connectivity index is 1.83. The fourth-order valence-corrected chi connectivity index (χ4v) is 4.03. The number of thioether (sulfide) groups is 1. The quantitative estimate of drug-likeness (QED) is 0.315. The van der Waals surface area contributed by atoms with Crippen molar-refractivity contribution in [3.05, 3.63) is 71.5 Å². The minimum atomic E-state index is -0.404. The van der Waals surface area contributed by atoms with Gasteiger partial charge in [0.05, 0.1) is 23.8 Å². The third kappa shape index (κ3) is 5.36. The van der Waals surface area contributed by atoms with Crippen molar-refractivity contribution in [2.45, 2.75) is 25.0 Å². The number of aromatic nitrogens is 3. The maximum atomic E-state index is 14.3. The SMILES string of the molecule is C=CCn1c(SCC(=O)N(CCC#N)c2ccc(Cl)c(C)c2)nnc1-c1ccccc1F. The predicted molar refractivity (Wildman–Crippen MR) is 125 cm³/mol. The molecule has 0 radical (unpaired) electrons. The largest absolute Gasteiger partial charge is 0.311 e. The normalized spacial score (nSPS) is 10.6. The Bertz CT molecular complexity index is 1170. The molecule has 164 valence electrons. The minimum Gasteiger partial charge on any atom is -0.311 e. The number of hydrogen-bond donors (Lipinski definition) is 0. The van der Waals surface area contributed by atoms with E-state index in [1.54, 1.807) is 45.9 Å². The van der Waals surface area contributed by atoms with Crippen LogP contribution in [0.1, 0.15) is 12.0 Å². The van der Waals surface area contributed by atoms with Gasteiger partial charge >= 0.3 is 0 Å². The lowest BCUT2D eigenvalue weighted by Crippen LogP contribution is -2.33. The molecular formula is C23H21ClFN5OS. The lowest BCUT2D eigenvalue weighted by Gasteiger charge is -2.22. The van der Waals surface area contributed by atoms with Crippen LogP contribution < -0.4 is 4.90 Å². The van der Waals surface area contributed by atoms with Crippen molar-refractivity contribution < 1.29 is 9.18 Å². The molecule has 32 heavy (non-hydrogen) atoms. The van der Waals surface area contributed by atoms with Gasteiger partial charge in [-0.05, 0) is 42.8 Å². The molecule has 3 rings (SSSR count). The fourth-order valence-electron chi connectivity index (χ4n) is 3.09. The number of nitriles is 1. The number of carbonyl (C=O) groups excluding carboxylic acids is 1. The van der Waals surface area contributed by atoms with Crippen molar-refractivity contribution in [3.8, 4) is 17.5 Å². The number of hydrogen-bond acceptors (Lipinski definition) is 5. The van der Waals surface area contributed by atoms with Gasteiger partial charge in [-0.1, -0.05) is 41.6 Å². The summed E-state index contributed by atoms with van der Waals surface area (Å²) in [6.07, 6.45) is 1.86. The lowest BCUT2D eigenvalue weighted by atomic mass is 10.2. The zero-order valence-electron chi connectivity index (χ0n) is 17.5. The van der Waals surface area contributed by atoms with Gasteiger partial charge in [-0.2, -0.15) is 5.26 Å². The van der Waals surface area contributed by atoms with Gasteiger partial charge in [-0.3, -0.25) is 9.36 Å². The highest BCUT2D eigenvalue weighted by Gasteiger charge is 2.20. The topological polar surface area (TPSA) is 74.8 Å². The molecule has 1 heterocycles. The van der Waals surface area contributed by atoms with Gasteiger partial charge in [0.2, 0.25) is 5.91 Å². The molecule has 0 fully saturated rings. The molecular weight excluding hydrogens is 449 g/mol. The Kier molecular flexibility index (Phi) is 8.03. The standard InChI is InChI=1S/C23H21ClFN5OS/c1-3-12-30-22(18-7-4-5-8-20(18)25)27-28-23(30)32-15-21(31)29(13-6-11-26)17-9-10-19(24)16(2)14-17/h3-5,7-10,14H,1,6,12-13,15H2,2H3. The van der Waals surface area contributed by atoms with Crippen LogP contribution in [0, 0.1) is 24.1 Å². The second kappa shape index (κ2) is 10.9. The van der Waals surface area contributed by atoms with E-state index in [0.29, 0.717) is 33.8 Å². The zero-order chi connectivity index (χ0) is 23.1. The van der Waals surface area contributed by atoms with Crippen molar-refractivity contribution >= 4 is 35.0 Å². The molecule has 0 unspecified atom stereocenters. The number of carbonyl (C=O) groups is 1. The summed E-state index contributed by atoms with van der Waals surface area (Å²) in [5.41, 5.74) is 1.84. The van der Waals surface area contributed by atoms with Crippen LogP contribution in [0.4, 0.5) is 10.1 Å². The molecule has 2 aromatic carbocycles. The predicted octanol–water partition coefficient (Wildman–Crippen LogP) is 5.27. The molecule has 0 bridgehead atoms. The van der Waals surface area contributed by atoms with E-state index < -0.39 is 5.82 Å². The van der Waals surface area contributed by atoms with E-state index in [9.17, 15) is 9.18 Å². The summed E-state index contributed by atoms with van der Waals surface area (Å²) in [6, 6.07) is 13.7. The second-order valence-electron chi connectivity index (χ2n) is 6.86. The number of rotatable bonds is 9. The first kappa shape index (κ1) is 23.5. The number of benzene rings is 2. The highest BCUT2D eigenvalue weighted by atomic mass is 35.5.